The van der Waals surface area contributed by atoms with Gasteiger partial charge < -0.3 is 4.90 Å². The minimum absolute atomic E-state index is 0.146. The van der Waals surface area contributed by atoms with E-state index in [1.54, 1.807) is 0 Å². The summed E-state index contributed by atoms with van der Waals surface area (Å²) in [6, 6.07) is 6.22. The third-order valence-corrected chi connectivity index (χ3v) is 3.30. The molecule has 0 aliphatic carbocycles. The van der Waals surface area contributed by atoms with Gasteiger partial charge in [0.25, 0.3) is 0 Å². The Morgan fingerprint density at radius 3 is 2.41 bits per heavy atom. The van der Waals surface area contributed by atoms with Crippen molar-refractivity contribution in [1.29, 1.82) is 5.26 Å². The van der Waals surface area contributed by atoms with Gasteiger partial charge >= 0.3 is 0 Å². The van der Waals surface area contributed by atoms with Crippen molar-refractivity contribution in [3.8, 4) is 6.07 Å². The predicted molar refractivity (Wildman–Crippen MR) is 71.0 cm³/mol. The standard InChI is InChI=1S/C14H21N3/c1-10-7-8-12(9-15)13(16-10)17(6)11(2)14(3,4)5/h7-8,11H,1-6H3. The second-order valence-corrected chi connectivity index (χ2v) is 5.59. The highest BCUT2D eigenvalue weighted by molar-refractivity contribution is 5.54. The van der Waals surface area contributed by atoms with E-state index >= 15 is 0 Å². The van der Waals surface area contributed by atoms with Gasteiger partial charge in [0.1, 0.15) is 11.9 Å². The van der Waals surface area contributed by atoms with E-state index in [2.05, 4.69) is 43.6 Å². The summed E-state index contributed by atoms with van der Waals surface area (Å²) in [5, 5.41) is 9.13. The molecule has 0 aliphatic rings. The van der Waals surface area contributed by atoms with Crippen molar-refractivity contribution in [1.82, 2.24) is 4.98 Å². The largest absolute Gasteiger partial charge is 0.355 e. The second kappa shape index (κ2) is 4.75. The topological polar surface area (TPSA) is 39.9 Å². The molecule has 0 spiro atoms. The molecule has 1 aromatic heterocycles. The summed E-state index contributed by atoms with van der Waals surface area (Å²) in [5.41, 5.74) is 1.72. The van der Waals surface area contributed by atoms with Crippen LogP contribution in [0.3, 0.4) is 0 Å². The van der Waals surface area contributed by atoms with Gasteiger partial charge in [0.15, 0.2) is 0 Å². The van der Waals surface area contributed by atoms with Crippen LogP contribution in [0.2, 0.25) is 0 Å². The lowest BCUT2D eigenvalue weighted by atomic mass is 9.87. The first-order chi connectivity index (χ1) is 7.77. The fourth-order valence-electron chi connectivity index (χ4n) is 1.66. The van der Waals surface area contributed by atoms with E-state index in [0.29, 0.717) is 11.6 Å². The Bertz CT molecular complexity index is 438. The molecule has 0 saturated heterocycles. The molecule has 1 unspecified atom stereocenters. The van der Waals surface area contributed by atoms with E-state index in [9.17, 15) is 0 Å². The highest BCUT2D eigenvalue weighted by atomic mass is 15.2. The predicted octanol–water partition coefficient (Wildman–Crippen LogP) is 3.13. The molecule has 0 amide bonds. The van der Waals surface area contributed by atoms with Gasteiger partial charge in [0.05, 0.1) is 5.56 Å². The maximum absolute atomic E-state index is 9.13. The zero-order chi connectivity index (χ0) is 13.2. The van der Waals surface area contributed by atoms with Crippen LogP contribution >= 0.6 is 0 Å². The van der Waals surface area contributed by atoms with Crippen LogP contribution in [-0.2, 0) is 0 Å². The minimum atomic E-state index is 0.146. The Balaban J connectivity index is 3.16. The Morgan fingerprint density at radius 1 is 1.35 bits per heavy atom. The Morgan fingerprint density at radius 2 is 1.94 bits per heavy atom. The van der Waals surface area contributed by atoms with Crippen LogP contribution in [0, 0.1) is 23.7 Å². The van der Waals surface area contributed by atoms with Crippen LogP contribution in [0.15, 0.2) is 12.1 Å². The molecular formula is C14H21N3. The molecule has 1 rings (SSSR count). The summed E-state index contributed by atoms with van der Waals surface area (Å²) >= 11 is 0. The number of anilines is 1. The van der Waals surface area contributed by atoms with Crippen LogP contribution in [0.4, 0.5) is 5.82 Å². The average Bonchev–Trinajstić information content (AvgIpc) is 2.25. The van der Waals surface area contributed by atoms with Gasteiger partial charge in [0.2, 0.25) is 0 Å². The molecule has 0 N–H and O–H groups in total. The lowest BCUT2D eigenvalue weighted by Gasteiger charge is -2.36. The lowest BCUT2D eigenvalue weighted by molar-refractivity contribution is 0.328. The maximum Gasteiger partial charge on any atom is 0.146 e. The molecule has 0 saturated carbocycles. The minimum Gasteiger partial charge on any atom is -0.355 e. The third kappa shape index (κ3) is 2.97. The highest BCUT2D eigenvalue weighted by Crippen LogP contribution is 2.28. The first kappa shape index (κ1) is 13.5. The summed E-state index contributed by atoms with van der Waals surface area (Å²) < 4.78 is 0. The van der Waals surface area contributed by atoms with E-state index in [1.807, 2.05) is 26.1 Å². The van der Waals surface area contributed by atoms with Crippen LogP contribution in [0.1, 0.15) is 39.0 Å². The second-order valence-electron chi connectivity index (χ2n) is 5.59. The number of pyridine rings is 1. The van der Waals surface area contributed by atoms with Crippen LogP contribution in [0.5, 0.6) is 0 Å². The fourth-order valence-corrected chi connectivity index (χ4v) is 1.66. The molecule has 0 aliphatic heterocycles. The zero-order valence-electron chi connectivity index (χ0n) is 11.6. The van der Waals surface area contributed by atoms with Crippen molar-refractivity contribution in [2.45, 2.75) is 40.7 Å². The molecule has 92 valence electrons. The smallest absolute Gasteiger partial charge is 0.146 e. The Labute approximate surface area is 104 Å². The number of aryl methyl sites for hydroxylation is 1. The molecule has 0 bridgehead atoms. The molecule has 1 heterocycles. The summed E-state index contributed by atoms with van der Waals surface area (Å²) in [7, 11) is 2.00. The van der Waals surface area contributed by atoms with Crippen molar-refractivity contribution >= 4 is 5.82 Å². The summed E-state index contributed by atoms with van der Waals surface area (Å²) in [6.07, 6.45) is 0. The van der Waals surface area contributed by atoms with Crippen LogP contribution in [-0.4, -0.2) is 18.1 Å². The van der Waals surface area contributed by atoms with Crippen LogP contribution in [0.25, 0.3) is 0 Å². The number of aromatic nitrogens is 1. The average molecular weight is 231 g/mol. The van der Waals surface area contributed by atoms with Gasteiger partial charge in [0, 0.05) is 18.8 Å². The lowest BCUT2D eigenvalue weighted by Crippen LogP contribution is -2.40. The van der Waals surface area contributed by atoms with Crippen molar-refractivity contribution < 1.29 is 0 Å². The third-order valence-electron chi connectivity index (χ3n) is 3.30. The van der Waals surface area contributed by atoms with Gasteiger partial charge in [-0.05, 0) is 31.4 Å². The molecular weight excluding hydrogens is 210 g/mol. The quantitative estimate of drug-likeness (QED) is 0.785. The number of nitrogens with zero attached hydrogens (tertiary/aromatic N) is 3. The van der Waals surface area contributed by atoms with Gasteiger partial charge in [-0.1, -0.05) is 20.8 Å². The van der Waals surface area contributed by atoms with E-state index in [0.717, 1.165) is 11.5 Å². The van der Waals surface area contributed by atoms with Crippen molar-refractivity contribution in [3.63, 3.8) is 0 Å². The fraction of sp³-hybridized carbons (Fsp3) is 0.571. The van der Waals surface area contributed by atoms with Gasteiger partial charge in [-0.2, -0.15) is 5.26 Å². The molecule has 0 radical (unpaired) electrons. The van der Waals surface area contributed by atoms with Crippen molar-refractivity contribution in [3.05, 3.63) is 23.4 Å². The van der Waals surface area contributed by atoms with Gasteiger partial charge in [-0.25, -0.2) is 4.98 Å². The molecule has 3 heteroatoms. The first-order valence-corrected chi connectivity index (χ1v) is 5.88. The Hall–Kier alpha value is -1.56. The number of hydrogen-bond acceptors (Lipinski definition) is 3. The zero-order valence-corrected chi connectivity index (χ0v) is 11.6. The Kier molecular flexibility index (Phi) is 3.77. The van der Waals surface area contributed by atoms with E-state index in [4.69, 9.17) is 5.26 Å². The first-order valence-electron chi connectivity index (χ1n) is 5.88. The summed E-state index contributed by atoms with van der Waals surface area (Å²) in [5.74, 6) is 0.773. The van der Waals surface area contributed by atoms with Gasteiger partial charge in [-0.3, -0.25) is 0 Å². The normalized spacial score (nSPS) is 13.0. The molecule has 1 aromatic rings. The molecule has 0 fully saturated rings. The molecule has 0 aromatic carbocycles. The maximum atomic E-state index is 9.13. The van der Waals surface area contributed by atoms with Crippen molar-refractivity contribution in [2.24, 2.45) is 5.41 Å². The van der Waals surface area contributed by atoms with E-state index in [-0.39, 0.29) is 5.41 Å². The number of hydrogen-bond donors (Lipinski definition) is 0. The SMILES string of the molecule is Cc1ccc(C#N)c(N(C)C(C)C(C)(C)C)n1. The molecule has 1 atom stereocenters. The van der Waals surface area contributed by atoms with Crippen LogP contribution < -0.4 is 4.90 Å². The molecule has 17 heavy (non-hydrogen) atoms. The van der Waals surface area contributed by atoms with E-state index in [1.165, 1.54) is 0 Å². The summed E-state index contributed by atoms with van der Waals surface area (Å²) in [4.78, 5) is 6.57. The highest BCUT2D eigenvalue weighted by Gasteiger charge is 2.26. The number of rotatable bonds is 2. The van der Waals surface area contributed by atoms with Crippen molar-refractivity contribution in [2.75, 3.05) is 11.9 Å². The molecule has 3 nitrogen and oxygen atoms in total. The van der Waals surface area contributed by atoms with E-state index < -0.39 is 0 Å². The monoisotopic (exact) mass is 231 g/mol. The number of nitriles is 1. The van der Waals surface area contributed by atoms with Gasteiger partial charge in [-0.15, -0.1) is 0 Å². The summed E-state index contributed by atoms with van der Waals surface area (Å²) in [6.45, 7) is 10.7.